The average molecular weight is 532 g/mol. The number of para-hydroxylation sites is 1. The minimum atomic E-state index is -0.0704. The first kappa shape index (κ1) is 25.7. The Morgan fingerprint density at radius 3 is 2.47 bits per heavy atom. The average Bonchev–Trinajstić information content (AvgIpc) is 3.26. The lowest BCUT2D eigenvalue weighted by molar-refractivity contribution is -0.120. The van der Waals surface area contributed by atoms with E-state index in [9.17, 15) is 4.79 Å². The molecule has 1 heterocycles. The molecule has 1 aliphatic heterocycles. The molecule has 194 valence electrons. The fraction of sp³-hybridized carbons (Fsp3) is 0.552. The van der Waals surface area contributed by atoms with Crippen molar-refractivity contribution in [1.29, 1.82) is 0 Å². The first-order chi connectivity index (χ1) is 17.0. The first-order valence-corrected chi connectivity index (χ1v) is 13.6. The zero-order chi connectivity index (χ0) is 24.0. The third-order valence-electron chi connectivity index (χ3n) is 8.60. The summed E-state index contributed by atoms with van der Waals surface area (Å²) in [4.78, 5) is 14.7. The smallest absolute Gasteiger partial charge is 0.264 e. The molecule has 2 aromatic rings. The van der Waals surface area contributed by atoms with Crippen molar-refractivity contribution in [3.63, 3.8) is 0 Å². The lowest BCUT2D eigenvalue weighted by Crippen LogP contribution is -2.58. The van der Waals surface area contributed by atoms with Crippen LogP contribution in [-0.4, -0.2) is 31.2 Å². The Morgan fingerprint density at radius 2 is 1.78 bits per heavy atom. The molecule has 1 amide bonds. The summed E-state index contributed by atoms with van der Waals surface area (Å²) in [6.45, 7) is 3.84. The zero-order valence-corrected chi connectivity index (χ0v) is 22.5. The largest absolute Gasteiger partial charge is 0.490 e. The molecule has 0 radical (unpaired) electrons. The molecule has 36 heavy (non-hydrogen) atoms. The molecule has 0 atom stereocenters. The molecule has 7 rings (SSSR count). The number of benzene rings is 2. The zero-order valence-electron chi connectivity index (χ0n) is 20.9. The van der Waals surface area contributed by atoms with E-state index in [-0.39, 0.29) is 24.9 Å². The first-order valence-electron chi connectivity index (χ1n) is 13.2. The SMILES string of the molecule is CCOc1cc(CNC23CC4CC(CC(C4)C2)C3)cc(Cl)c1OCC(=O)N1CCc2ccccc21.Cl. The maximum atomic E-state index is 12.9. The summed E-state index contributed by atoms with van der Waals surface area (Å²) in [6.07, 6.45) is 9.13. The summed E-state index contributed by atoms with van der Waals surface area (Å²) in [7, 11) is 0. The molecule has 5 aliphatic rings. The second kappa shape index (κ2) is 10.4. The second-order valence-electron chi connectivity index (χ2n) is 11.1. The van der Waals surface area contributed by atoms with E-state index in [1.165, 1.54) is 44.1 Å². The summed E-state index contributed by atoms with van der Waals surface area (Å²) < 4.78 is 11.9. The van der Waals surface area contributed by atoms with Gasteiger partial charge in [-0.1, -0.05) is 29.8 Å². The molecular formula is C29H36Cl2N2O3. The minimum absolute atomic E-state index is 0. The van der Waals surface area contributed by atoms with Crippen LogP contribution in [0.5, 0.6) is 11.5 Å². The normalized spacial score (nSPS) is 27.5. The molecule has 4 saturated carbocycles. The number of carbonyl (C=O) groups excluding carboxylic acids is 1. The number of nitrogens with zero attached hydrogens (tertiary/aromatic N) is 1. The van der Waals surface area contributed by atoms with Crippen LogP contribution in [0.1, 0.15) is 56.6 Å². The number of amides is 1. The number of ether oxygens (including phenoxy) is 2. The number of halogens is 2. The summed E-state index contributed by atoms with van der Waals surface area (Å²) in [5.41, 5.74) is 3.56. The molecule has 4 bridgehead atoms. The van der Waals surface area contributed by atoms with E-state index in [1.54, 1.807) is 4.90 Å². The van der Waals surface area contributed by atoms with Gasteiger partial charge in [-0.15, -0.1) is 12.4 Å². The number of carbonyl (C=O) groups is 1. The molecule has 5 nitrogen and oxygen atoms in total. The number of rotatable bonds is 8. The van der Waals surface area contributed by atoms with Crippen LogP contribution in [0.2, 0.25) is 5.02 Å². The van der Waals surface area contributed by atoms with Gasteiger partial charge in [0.05, 0.1) is 11.6 Å². The molecule has 7 heteroatoms. The highest BCUT2D eigenvalue weighted by Crippen LogP contribution is 2.55. The Balaban J connectivity index is 0.00000267. The van der Waals surface area contributed by atoms with Crippen molar-refractivity contribution in [1.82, 2.24) is 5.32 Å². The Kier molecular flexibility index (Phi) is 7.44. The van der Waals surface area contributed by atoms with Gasteiger partial charge in [-0.2, -0.15) is 0 Å². The van der Waals surface area contributed by atoms with Crippen molar-refractivity contribution in [3.05, 3.63) is 52.5 Å². The molecule has 1 N–H and O–H groups in total. The highest BCUT2D eigenvalue weighted by Gasteiger charge is 2.50. The third-order valence-corrected chi connectivity index (χ3v) is 8.88. The summed E-state index contributed by atoms with van der Waals surface area (Å²) >= 11 is 6.69. The molecular weight excluding hydrogens is 495 g/mol. The van der Waals surface area contributed by atoms with Crippen molar-refractivity contribution in [3.8, 4) is 11.5 Å². The van der Waals surface area contributed by atoms with E-state index in [0.29, 0.717) is 35.2 Å². The Labute approximate surface area is 225 Å². The molecule has 0 unspecified atom stereocenters. The van der Waals surface area contributed by atoms with Crippen LogP contribution in [0.15, 0.2) is 36.4 Å². The number of fused-ring (bicyclic) bond motifs is 1. The van der Waals surface area contributed by atoms with Crippen LogP contribution >= 0.6 is 24.0 Å². The van der Waals surface area contributed by atoms with Crippen LogP contribution in [0.25, 0.3) is 0 Å². The Bertz CT molecular complexity index is 1090. The lowest BCUT2D eigenvalue weighted by atomic mass is 9.53. The molecule has 0 spiro atoms. The Morgan fingerprint density at radius 1 is 1.08 bits per heavy atom. The second-order valence-corrected chi connectivity index (χ2v) is 11.5. The van der Waals surface area contributed by atoms with E-state index < -0.39 is 0 Å². The van der Waals surface area contributed by atoms with E-state index in [1.807, 2.05) is 37.3 Å². The third kappa shape index (κ3) is 4.94. The van der Waals surface area contributed by atoms with E-state index in [4.69, 9.17) is 21.1 Å². The molecule has 4 fully saturated rings. The number of anilines is 1. The minimum Gasteiger partial charge on any atom is -0.490 e. The number of nitrogens with one attached hydrogen (secondary N) is 1. The molecule has 2 aromatic carbocycles. The predicted octanol–water partition coefficient (Wildman–Crippen LogP) is 6.19. The van der Waals surface area contributed by atoms with Crippen LogP contribution in [0, 0.1) is 17.8 Å². The van der Waals surface area contributed by atoms with Crippen LogP contribution < -0.4 is 19.7 Å². The molecule has 0 saturated heterocycles. The fourth-order valence-corrected chi connectivity index (χ4v) is 7.84. The van der Waals surface area contributed by atoms with Gasteiger partial charge in [0.25, 0.3) is 5.91 Å². The van der Waals surface area contributed by atoms with Gasteiger partial charge < -0.3 is 19.7 Å². The molecule has 4 aliphatic carbocycles. The highest BCUT2D eigenvalue weighted by atomic mass is 35.5. The quantitative estimate of drug-likeness (QED) is 0.442. The van der Waals surface area contributed by atoms with Crippen molar-refractivity contribution in [2.45, 2.75) is 64.0 Å². The monoisotopic (exact) mass is 530 g/mol. The highest BCUT2D eigenvalue weighted by molar-refractivity contribution is 6.32. The van der Waals surface area contributed by atoms with E-state index >= 15 is 0 Å². The van der Waals surface area contributed by atoms with Gasteiger partial charge in [0.2, 0.25) is 0 Å². The summed E-state index contributed by atoms with van der Waals surface area (Å²) in [5.74, 6) is 3.72. The van der Waals surface area contributed by atoms with E-state index in [2.05, 4.69) is 11.4 Å². The van der Waals surface area contributed by atoms with Gasteiger partial charge >= 0.3 is 0 Å². The van der Waals surface area contributed by atoms with Crippen molar-refractivity contribution in [2.24, 2.45) is 17.8 Å². The number of hydrogen-bond donors (Lipinski definition) is 1. The lowest BCUT2D eigenvalue weighted by Gasteiger charge is -2.57. The van der Waals surface area contributed by atoms with Gasteiger partial charge in [0.1, 0.15) is 0 Å². The topological polar surface area (TPSA) is 50.8 Å². The van der Waals surface area contributed by atoms with Crippen molar-refractivity contribution in [2.75, 3.05) is 24.7 Å². The standard InChI is InChI=1S/C29H35ClN2O3.ClH/c1-2-34-26-13-22(17-31-29-14-19-9-20(15-29)11-21(10-19)16-29)12-24(30)28(26)35-18-27(33)32-8-7-23-5-3-4-6-25(23)32;/h3-6,12-13,19-21,31H,2,7-11,14-18H2,1H3;1H. The number of hydrogen-bond acceptors (Lipinski definition) is 4. The van der Waals surface area contributed by atoms with Gasteiger partial charge in [-0.3, -0.25) is 4.79 Å². The maximum absolute atomic E-state index is 12.9. The van der Waals surface area contributed by atoms with Crippen molar-refractivity contribution < 1.29 is 14.3 Å². The van der Waals surface area contributed by atoms with Gasteiger partial charge in [-0.25, -0.2) is 0 Å². The maximum Gasteiger partial charge on any atom is 0.264 e. The summed E-state index contributed by atoms with van der Waals surface area (Å²) in [6, 6.07) is 12.0. The Hall–Kier alpha value is -1.95. The predicted molar refractivity (Wildman–Crippen MR) is 146 cm³/mol. The molecule has 0 aromatic heterocycles. The van der Waals surface area contributed by atoms with Gasteiger partial charge in [0.15, 0.2) is 18.1 Å². The van der Waals surface area contributed by atoms with Gasteiger partial charge in [0, 0.05) is 24.3 Å². The van der Waals surface area contributed by atoms with Gasteiger partial charge in [-0.05, 0) is 98.9 Å². The fourth-order valence-electron chi connectivity index (χ4n) is 7.55. The van der Waals surface area contributed by atoms with Crippen LogP contribution in [-0.2, 0) is 17.8 Å². The van der Waals surface area contributed by atoms with E-state index in [0.717, 1.165) is 42.0 Å². The van der Waals surface area contributed by atoms with Crippen molar-refractivity contribution >= 4 is 35.6 Å². The van der Waals surface area contributed by atoms with Crippen LogP contribution in [0.3, 0.4) is 0 Å². The van der Waals surface area contributed by atoms with Crippen LogP contribution in [0.4, 0.5) is 5.69 Å². The summed E-state index contributed by atoms with van der Waals surface area (Å²) in [5, 5.41) is 4.43.